The minimum atomic E-state index is -0.111. The van der Waals surface area contributed by atoms with Gasteiger partial charge in [0.15, 0.2) is 0 Å². The third-order valence-corrected chi connectivity index (χ3v) is 3.79. The average Bonchev–Trinajstić information content (AvgIpc) is 2.46. The summed E-state index contributed by atoms with van der Waals surface area (Å²) in [5, 5.41) is 3.71. The van der Waals surface area contributed by atoms with E-state index in [-0.39, 0.29) is 24.2 Å². The van der Waals surface area contributed by atoms with E-state index in [9.17, 15) is 9.59 Å². The van der Waals surface area contributed by atoms with Gasteiger partial charge in [-0.25, -0.2) is 0 Å². The fourth-order valence-electron chi connectivity index (χ4n) is 2.28. The highest BCUT2D eigenvalue weighted by Gasteiger charge is 2.24. The molecule has 0 aliphatic carbocycles. The number of nitrogens with one attached hydrogen (secondary N) is 1. The maximum Gasteiger partial charge on any atom is 0.254 e. The number of likely N-dealkylation sites (N-methyl/N-ethyl adjacent to an activating group) is 1. The van der Waals surface area contributed by atoms with Gasteiger partial charge in [0.25, 0.3) is 5.91 Å². The molecule has 1 saturated heterocycles. The van der Waals surface area contributed by atoms with Crippen LogP contribution in [0.15, 0.2) is 18.2 Å². The number of piperazine rings is 1. The fraction of sp³-hybridized carbons (Fsp3) is 0.429. The maximum absolute atomic E-state index is 12.4. The van der Waals surface area contributed by atoms with Crippen molar-refractivity contribution in [3.63, 3.8) is 0 Å². The molecule has 1 fully saturated rings. The van der Waals surface area contributed by atoms with Crippen molar-refractivity contribution in [2.45, 2.75) is 0 Å². The molecule has 1 aromatic rings. The van der Waals surface area contributed by atoms with Gasteiger partial charge >= 0.3 is 0 Å². The highest BCUT2D eigenvalue weighted by atomic mass is 35.5. The quantitative estimate of drug-likeness (QED) is 0.889. The molecule has 22 heavy (non-hydrogen) atoms. The molecule has 1 aliphatic heterocycles. The Morgan fingerprint density at radius 2 is 1.55 bits per heavy atom. The van der Waals surface area contributed by atoms with Gasteiger partial charge in [0.05, 0.1) is 6.54 Å². The van der Waals surface area contributed by atoms with Gasteiger partial charge < -0.3 is 15.1 Å². The van der Waals surface area contributed by atoms with Crippen LogP contribution in [-0.4, -0.2) is 61.4 Å². The normalized spacial score (nSPS) is 14.5. The summed E-state index contributed by atoms with van der Waals surface area (Å²) in [5.74, 6) is -0.0597. The van der Waals surface area contributed by atoms with Crippen LogP contribution in [0.4, 0.5) is 0 Å². The fourth-order valence-corrected chi connectivity index (χ4v) is 2.81. The molecular formula is C14H18Cl3N3O2. The monoisotopic (exact) mass is 365 g/mol. The summed E-state index contributed by atoms with van der Waals surface area (Å²) >= 11 is 11.8. The highest BCUT2D eigenvalue weighted by Crippen LogP contribution is 2.20. The smallest absolute Gasteiger partial charge is 0.254 e. The summed E-state index contributed by atoms with van der Waals surface area (Å²) in [4.78, 5) is 27.6. The summed E-state index contributed by atoms with van der Waals surface area (Å²) in [6.45, 7) is 2.43. The second kappa shape index (κ2) is 8.58. The lowest BCUT2D eigenvalue weighted by atomic mass is 10.2. The average molecular weight is 367 g/mol. The van der Waals surface area contributed by atoms with Crippen molar-refractivity contribution in [3.8, 4) is 0 Å². The van der Waals surface area contributed by atoms with Crippen LogP contribution in [0, 0.1) is 0 Å². The molecule has 0 saturated carbocycles. The molecule has 8 heteroatoms. The van der Waals surface area contributed by atoms with E-state index in [2.05, 4.69) is 5.32 Å². The SMILES string of the molecule is CNCC(=O)N1CCN(C(=O)c2cc(Cl)cc(Cl)c2)CC1.Cl. The van der Waals surface area contributed by atoms with Crippen molar-refractivity contribution in [2.24, 2.45) is 0 Å². The first-order valence-electron chi connectivity index (χ1n) is 6.69. The summed E-state index contributed by atoms with van der Waals surface area (Å²) in [6.07, 6.45) is 0. The van der Waals surface area contributed by atoms with E-state index in [0.717, 1.165) is 0 Å². The Labute approximate surface area is 145 Å². The van der Waals surface area contributed by atoms with Gasteiger partial charge in [0.1, 0.15) is 0 Å². The number of rotatable bonds is 3. The van der Waals surface area contributed by atoms with E-state index in [4.69, 9.17) is 23.2 Å². The molecule has 1 aliphatic rings. The zero-order valence-electron chi connectivity index (χ0n) is 12.1. The van der Waals surface area contributed by atoms with E-state index in [1.807, 2.05) is 0 Å². The first kappa shape index (κ1) is 19.0. The molecule has 0 aromatic heterocycles. The van der Waals surface area contributed by atoms with Crippen LogP contribution in [0.3, 0.4) is 0 Å². The standard InChI is InChI=1S/C14H17Cl2N3O2.ClH/c1-17-9-13(20)18-2-4-19(5-3-18)14(21)10-6-11(15)8-12(16)7-10;/h6-8,17H,2-5,9H2,1H3;1H. The Bertz CT molecular complexity index is 526. The van der Waals surface area contributed by atoms with Crippen LogP contribution >= 0.6 is 35.6 Å². The van der Waals surface area contributed by atoms with E-state index in [1.54, 1.807) is 35.0 Å². The van der Waals surface area contributed by atoms with Crippen molar-refractivity contribution < 1.29 is 9.59 Å². The van der Waals surface area contributed by atoms with Crippen molar-refractivity contribution in [1.82, 2.24) is 15.1 Å². The molecule has 0 spiro atoms. The number of hydrogen-bond donors (Lipinski definition) is 1. The highest BCUT2D eigenvalue weighted by molar-refractivity contribution is 6.35. The molecule has 0 bridgehead atoms. The number of halogens is 3. The van der Waals surface area contributed by atoms with Crippen molar-refractivity contribution in [2.75, 3.05) is 39.8 Å². The van der Waals surface area contributed by atoms with Gasteiger partial charge in [-0.3, -0.25) is 9.59 Å². The summed E-state index contributed by atoms with van der Waals surface area (Å²) in [6, 6.07) is 4.80. The van der Waals surface area contributed by atoms with Crippen molar-refractivity contribution in [3.05, 3.63) is 33.8 Å². The third kappa shape index (κ3) is 4.74. The lowest BCUT2D eigenvalue weighted by Crippen LogP contribution is -2.52. The topological polar surface area (TPSA) is 52.7 Å². The van der Waals surface area contributed by atoms with Crippen LogP contribution in [0.5, 0.6) is 0 Å². The van der Waals surface area contributed by atoms with Gasteiger partial charge in [-0.1, -0.05) is 23.2 Å². The number of amides is 2. The maximum atomic E-state index is 12.4. The van der Waals surface area contributed by atoms with Crippen molar-refractivity contribution in [1.29, 1.82) is 0 Å². The molecule has 1 heterocycles. The number of carbonyl (C=O) groups excluding carboxylic acids is 2. The predicted molar refractivity (Wildman–Crippen MR) is 90.1 cm³/mol. The third-order valence-electron chi connectivity index (χ3n) is 3.36. The minimum Gasteiger partial charge on any atom is -0.338 e. The van der Waals surface area contributed by atoms with Gasteiger partial charge in [-0.05, 0) is 25.2 Å². The van der Waals surface area contributed by atoms with Gasteiger partial charge in [0.2, 0.25) is 5.91 Å². The largest absolute Gasteiger partial charge is 0.338 e. The lowest BCUT2D eigenvalue weighted by molar-refractivity contribution is -0.131. The first-order chi connectivity index (χ1) is 10.0. The van der Waals surface area contributed by atoms with Crippen LogP contribution in [0.2, 0.25) is 10.0 Å². The zero-order chi connectivity index (χ0) is 15.4. The second-order valence-corrected chi connectivity index (χ2v) is 5.73. The van der Waals surface area contributed by atoms with E-state index in [1.165, 1.54) is 0 Å². The van der Waals surface area contributed by atoms with Gasteiger partial charge in [-0.2, -0.15) is 0 Å². The number of benzene rings is 1. The minimum absolute atomic E-state index is 0. The summed E-state index contributed by atoms with van der Waals surface area (Å²) in [5.41, 5.74) is 0.475. The van der Waals surface area contributed by atoms with Crippen LogP contribution < -0.4 is 5.32 Å². The lowest BCUT2D eigenvalue weighted by Gasteiger charge is -2.34. The van der Waals surface area contributed by atoms with Crippen LogP contribution in [0.25, 0.3) is 0 Å². The number of carbonyl (C=O) groups is 2. The van der Waals surface area contributed by atoms with Gasteiger partial charge in [0, 0.05) is 41.8 Å². The Morgan fingerprint density at radius 1 is 1.05 bits per heavy atom. The van der Waals surface area contributed by atoms with E-state index in [0.29, 0.717) is 48.3 Å². The van der Waals surface area contributed by atoms with E-state index >= 15 is 0 Å². The molecular weight excluding hydrogens is 349 g/mol. The number of hydrogen-bond acceptors (Lipinski definition) is 3. The van der Waals surface area contributed by atoms with E-state index < -0.39 is 0 Å². The van der Waals surface area contributed by atoms with Gasteiger partial charge in [-0.15, -0.1) is 12.4 Å². The summed E-state index contributed by atoms with van der Waals surface area (Å²) in [7, 11) is 1.74. The molecule has 5 nitrogen and oxygen atoms in total. The zero-order valence-corrected chi connectivity index (χ0v) is 14.5. The molecule has 0 radical (unpaired) electrons. The first-order valence-corrected chi connectivity index (χ1v) is 7.44. The van der Waals surface area contributed by atoms with Crippen molar-refractivity contribution >= 4 is 47.4 Å². The molecule has 1 N–H and O–H groups in total. The molecule has 122 valence electrons. The summed E-state index contributed by atoms with van der Waals surface area (Å²) < 4.78 is 0. The molecule has 2 amide bonds. The molecule has 2 rings (SSSR count). The molecule has 0 atom stereocenters. The van der Waals surface area contributed by atoms with Crippen LogP contribution in [0.1, 0.15) is 10.4 Å². The number of nitrogens with zero attached hydrogens (tertiary/aromatic N) is 2. The Morgan fingerprint density at radius 3 is 2.05 bits per heavy atom. The predicted octanol–water partition coefficient (Wildman–Crippen LogP) is 1.92. The Kier molecular flexibility index (Phi) is 7.42. The van der Waals surface area contributed by atoms with Crippen LogP contribution in [-0.2, 0) is 4.79 Å². The molecule has 1 aromatic carbocycles. The second-order valence-electron chi connectivity index (χ2n) is 4.86. The Balaban J connectivity index is 0.00000242. The molecule has 0 unspecified atom stereocenters. The Hall–Kier alpha value is -1.01.